The van der Waals surface area contributed by atoms with E-state index in [1.54, 1.807) is 36.0 Å². The predicted octanol–water partition coefficient (Wildman–Crippen LogP) is 6.18. The Hall–Kier alpha value is -3.38. The summed E-state index contributed by atoms with van der Waals surface area (Å²) in [5.74, 6) is -0.374. The van der Waals surface area contributed by atoms with Crippen LogP contribution in [0.4, 0.5) is 4.39 Å². The molecule has 184 valence electrons. The molecule has 1 heterocycles. The summed E-state index contributed by atoms with van der Waals surface area (Å²) in [4.78, 5) is 28.8. The number of nitrogens with one attached hydrogen (secondary N) is 1. The molecule has 1 aliphatic carbocycles. The van der Waals surface area contributed by atoms with E-state index < -0.39 is 0 Å². The quantitative estimate of drug-likeness (QED) is 0.411. The molecule has 0 radical (unpaired) electrons. The van der Waals surface area contributed by atoms with Crippen LogP contribution in [0.5, 0.6) is 0 Å². The van der Waals surface area contributed by atoms with E-state index in [1.807, 2.05) is 53.4 Å². The molecule has 1 saturated carbocycles. The van der Waals surface area contributed by atoms with Crippen molar-refractivity contribution in [2.24, 2.45) is 0 Å². The maximum absolute atomic E-state index is 13.5. The van der Waals surface area contributed by atoms with Gasteiger partial charge >= 0.3 is 0 Å². The second-order valence-corrected chi connectivity index (χ2v) is 10.6. The van der Waals surface area contributed by atoms with Gasteiger partial charge in [-0.05, 0) is 59.9 Å². The predicted molar refractivity (Wildman–Crippen MR) is 143 cm³/mol. The number of nitrogens with zero attached hydrogens (tertiary/aromatic N) is 1. The molecule has 0 bridgehead atoms. The maximum atomic E-state index is 13.5. The lowest BCUT2D eigenvalue weighted by atomic mass is 9.92. The van der Waals surface area contributed by atoms with Gasteiger partial charge in [0.2, 0.25) is 0 Å². The summed E-state index contributed by atoms with van der Waals surface area (Å²) in [5, 5.41) is 3.31. The second kappa shape index (κ2) is 11.1. The third kappa shape index (κ3) is 5.71. The lowest BCUT2D eigenvalue weighted by molar-refractivity contribution is -0.130. The minimum Gasteiger partial charge on any atom is -0.348 e. The first-order valence-corrected chi connectivity index (χ1v) is 13.3. The smallest absolute Gasteiger partial charge is 0.260 e. The van der Waals surface area contributed by atoms with Gasteiger partial charge in [0.05, 0.1) is 4.91 Å². The highest BCUT2D eigenvalue weighted by Crippen LogP contribution is 2.42. The number of rotatable bonds is 6. The monoisotopic (exact) mass is 500 g/mol. The lowest BCUT2D eigenvalue weighted by Crippen LogP contribution is -2.50. The van der Waals surface area contributed by atoms with Crippen molar-refractivity contribution in [3.8, 4) is 0 Å². The highest BCUT2D eigenvalue weighted by Gasteiger charge is 2.40. The van der Waals surface area contributed by atoms with E-state index in [9.17, 15) is 14.0 Å². The van der Waals surface area contributed by atoms with Gasteiger partial charge in [0.1, 0.15) is 5.82 Å². The van der Waals surface area contributed by atoms with Gasteiger partial charge in [-0.2, -0.15) is 0 Å². The van der Waals surface area contributed by atoms with E-state index in [1.165, 1.54) is 18.6 Å². The van der Waals surface area contributed by atoms with Crippen LogP contribution in [-0.4, -0.2) is 28.0 Å². The number of hydrogen-bond donors (Lipinski definition) is 1. The first-order valence-electron chi connectivity index (χ1n) is 12.4. The first-order chi connectivity index (χ1) is 17.6. The van der Waals surface area contributed by atoms with Gasteiger partial charge < -0.3 is 10.2 Å². The lowest BCUT2D eigenvalue weighted by Gasteiger charge is -2.44. The third-order valence-corrected chi connectivity index (χ3v) is 8.25. The summed E-state index contributed by atoms with van der Waals surface area (Å²) in [6.45, 7) is 0.960. The number of amides is 2. The standard InChI is InChI=1S/C30H29FN2O2S/c31-25-16-12-23(13-17-25)20-33-26-8-4-5-9-27(26)36-28(30(33)35)18-21-10-14-24(15-11-21)29(34)32-19-22-6-2-1-3-7-22/h1-3,6-7,10-18,26-27H,4-5,8-9,19-20H2,(H,32,34)/b28-18-. The molecule has 5 rings (SSSR count). The van der Waals surface area contributed by atoms with Crippen LogP contribution >= 0.6 is 11.8 Å². The molecule has 36 heavy (non-hydrogen) atoms. The summed E-state index contributed by atoms with van der Waals surface area (Å²) in [6, 6.07) is 23.8. The van der Waals surface area contributed by atoms with Crippen molar-refractivity contribution in [2.45, 2.75) is 50.1 Å². The Morgan fingerprint density at radius 3 is 2.42 bits per heavy atom. The number of thioether (sulfide) groups is 1. The van der Waals surface area contributed by atoms with Crippen molar-refractivity contribution in [2.75, 3.05) is 0 Å². The van der Waals surface area contributed by atoms with E-state index >= 15 is 0 Å². The summed E-state index contributed by atoms with van der Waals surface area (Å²) in [5.41, 5.74) is 3.46. The number of benzene rings is 3. The summed E-state index contributed by atoms with van der Waals surface area (Å²) < 4.78 is 13.4. The molecule has 2 atom stereocenters. The van der Waals surface area contributed by atoms with E-state index in [2.05, 4.69) is 5.32 Å². The fourth-order valence-electron chi connectivity index (χ4n) is 4.91. The van der Waals surface area contributed by atoms with E-state index in [4.69, 9.17) is 0 Å². The fraction of sp³-hybridized carbons (Fsp3) is 0.267. The molecule has 0 aromatic heterocycles. The first kappa shape index (κ1) is 24.3. The van der Waals surface area contributed by atoms with Gasteiger partial charge in [0.25, 0.3) is 11.8 Å². The average Bonchev–Trinajstić information content (AvgIpc) is 2.92. The van der Waals surface area contributed by atoms with Crippen LogP contribution in [0.2, 0.25) is 0 Å². The molecule has 0 spiro atoms. The van der Waals surface area contributed by atoms with Gasteiger partial charge in [0, 0.05) is 29.9 Å². The number of halogens is 1. The van der Waals surface area contributed by atoms with Crippen LogP contribution in [-0.2, 0) is 17.9 Å². The molecule has 2 aliphatic rings. The van der Waals surface area contributed by atoms with Crippen LogP contribution in [0.1, 0.15) is 52.7 Å². The molecule has 2 unspecified atom stereocenters. The molecule has 4 nitrogen and oxygen atoms in total. The molecule has 3 aromatic carbocycles. The van der Waals surface area contributed by atoms with Crippen molar-refractivity contribution in [3.05, 3.63) is 112 Å². The Balaban J connectivity index is 1.30. The highest BCUT2D eigenvalue weighted by molar-refractivity contribution is 8.04. The molecule has 1 saturated heterocycles. The summed E-state index contributed by atoms with van der Waals surface area (Å²) in [6.07, 6.45) is 6.32. The van der Waals surface area contributed by atoms with Crippen LogP contribution in [0.25, 0.3) is 6.08 Å². The average molecular weight is 501 g/mol. The zero-order valence-electron chi connectivity index (χ0n) is 20.0. The van der Waals surface area contributed by atoms with Crippen molar-refractivity contribution in [3.63, 3.8) is 0 Å². The summed E-state index contributed by atoms with van der Waals surface area (Å²) >= 11 is 1.68. The Bertz CT molecular complexity index is 1240. The number of hydrogen-bond acceptors (Lipinski definition) is 3. The van der Waals surface area contributed by atoms with Gasteiger partial charge in [-0.1, -0.05) is 67.4 Å². The minimum absolute atomic E-state index is 0.0251. The van der Waals surface area contributed by atoms with Crippen LogP contribution in [0, 0.1) is 5.82 Å². The number of carbonyl (C=O) groups is 2. The van der Waals surface area contributed by atoms with Gasteiger partial charge in [-0.3, -0.25) is 9.59 Å². The van der Waals surface area contributed by atoms with Gasteiger partial charge in [-0.25, -0.2) is 4.39 Å². The second-order valence-electron chi connectivity index (χ2n) is 9.37. The third-order valence-electron chi connectivity index (χ3n) is 6.85. The van der Waals surface area contributed by atoms with Crippen LogP contribution < -0.4 is 5.32 Å². The largest absolute Gasteiger partial charge is 0.348 e. The molecule has 1 N–H and O–H groups in total. The normalized spacial score (nSPS) is 20.8. The Morgan fingerprint density at radius 2 is 1.67 bits per heavy atom. The number of carbonyl (C=O) groups excluding carboxylic acids is 2. The molecule has 6 heteroatoms. The van der Waals surface area contributed by atoms with Gasteiger partial charge in [0.15, 0.2) is 0 Å². The molecular formula is C30H29FN2O2S. The Labute approximate surface area is 215 Å². The Morgan fingerprint density at radius 1 is 0.944 bits per heavy atom. The van der Waals surface area contributed by atoms with E-state index in [0.717, 1.165) is 40.9 Å². The molecule has 1 aliphatic heterocycles. The van der Waals surface area contributed by atoms with Crippen LogP contribution in [0.15, 0.2) is 83.8 Å². The van der Waals surface area contributed by atoms with Gasteiger partial charge in [-0.15, -0.1) is 11.8 Å². The zero-order valence-corrected chi connectivity index (χ0v) is 20.8. The SMILES string of the molecule is O=C(NCc1ccccc1)c1ccc(/C=C2\SC3CCCCC3N(Cc3ccc(F)cc3)C2=O)cc1. The number of fused-ring (bicyclic) bond motifs is 1. The van der Waals surface area contributed by atoms with Crippen molar-refractivity contribution in [1.82, 2.24) is 10.2 Å². The van der Waals surface area contributed by atoms with E-state index in [0.29, 0.717) is 23.9 Å². The van der Waals surface area contributed by atoms with Crippen molar-refractivity contribution >= 4 is 29.7 Å². The summed E-state index contributed by atoms with van der Waals surface area (Å²) in [7, 11) is 0. The molecule has 2 fully saturated rings. The van der Waals surface area contributed by atoms with E-state index in [-0.39, 0.29) is 23.7 Å². The maximum Gasteiger partial charge on any atom is 0.260 e. The fourth-order valence-corrected chi connectivity index (χ4v) is 6.38. The highest BCUT2D eigenvalue weighted by atomic mass is 32.2. The topological polar surface area (TPSA) is 49.4 Å². The molecule has 3 aromatic rings. The van der Waals surface area contributed by atoms with Crippen LogP contribution in [0.3, 0.4) is 0 Å². The minimum atomic E-state index is -0.271. The Kier molecular flexibility index (Phi) is 7.52. The molecular weight excluding hydrogens is 471 g/mol. The molecule has 2 amide bonds. The zero-order chi connectivity index (χ0) is 24.9. The van der Waals surface area contributed by atoms with Crippen molar-refractivity contribution in [1.29, 1.82) is 0 Å². The van der Waals surface area contributed by atoms with Crippen molar-refractivity contribution < 1.29 is 14.0 Å².